The molecule has 1 rings (SSSR count). The van der Waals surface area contributed by atoms with Gasteiger partial charge < -0.3 is 14.4 Å². The maximum atomic E-state index is 8.20. The lowest BCUT2D eigenvalue weighted by Gasteiger charge is -2.20. The highest BCUT2D eigenvalue weighted by Gasteiger charge is 2.16. The first-order valence-electron chi connectivity index (χ1n) is 7.62. The molecular formula is C16H26BrN3O2. The van der Waals surface area contributed by atoms with E-state index in [0.717, 1.165) is 35.3 Å². The molecule has 0 amide bonds. The Labute approximate surface area is 141 Å². The first kappa shape index (κ1) is 18.9. The fraction of sp³-hybridized carbons (Fsp3) is 0.625. The smallest absolute Gasteiger partial charge is 0.228 e. The lowest BCUT2D eigenvalue weighted by Crippen LogP contribution is -2.27. The number of amidine groups is 1. The molecule has 22 heavy (non-hydrogen) atoms. The highest BCUT2D eigenvalue weighted by Crippen LogP contribution is 2.26. The second-order valence-corrected chi connectivity index (χ2v) is 6.13. The van der Waals surface area contributed by atoms with Gasteiger partial charge in [-0.2, -0.15) is 0 Å². The third kappa shape index (κ3) is 5.25. The van der Waals surface area contributed by atoms with Gasteiger partial charge in [0.2, 0.25) is 5.88 Å². The maximum Gasteiger partial charge on any atom is 0.228 e. The van der Waals surface area contributed by atoms with Gasteiger partial charge in [-0.25, -0.2) is 4.98 Å². The van der Waals surface area contributed by atoms with Crippen LogP contribution in [0.1, 0.15) is 38.4 Å². The highest BCUT2D eigenvalue weighted by molar-refractivity contribution is 9.10. The minimum absolute atomic E-state index is 0.0710. The van der Waals surface area contributed by atoms with E-state index in [1.165, 1.54) is 0 Å². The van der Waals surface area contributed by atoms with Crippen molar-refractivity contribution in [1.82, 2.24) is 9.88 Å². The summed E-state index contributed by atoms with van der Waals surface area (Å²) < 4.78 is 12.1. The molecule has 0 spiro atoms. The van der Waals surface area contributed by atoms with Crippen LogP contribution < -0.4 is 4.74 Å². The van der Waals surface area contributed by atoms with E-state index < -0.39 is 0 Å². The number of halogens is 1. The van der Waals surface area contributed by atoms with Crippen molar-refractivity contribution in [2.45, 2.75) is 40.2 Å². The van der Waals surface area contributed by atoms with Crippen LogP contribution in [0, 0.1) is 12.3 Å². The van der Waals surface area contributed by atoms with Gasteiger partial charge in [-0.15, -0.1) is 0 Å². The molecule has 5 nitrogen and oxygen atoms in total. The first-order chi connectivity index (χ1) is 10.4. The minimum Gasteiger partial charge on any atom is -0.471 e. The van der Waals surface area contributed by atoms with Crippen molar-refractivity contribution < 1.29 is 9.47 Å². The van der Waals surface area contributed by atoms with Crippen LogP contribution in [0.5, 0.6) is 5.88 Å². The molecule has 1 heterocycles. The molecule has 0 saturated carbocycles. The number of aryl methyl sites for hydroxylation is 1. The quantitative estimate of drug-likeness (QED) is 0.430. The van der Waals surface area contributed by atoms with E-state index in [2.05, 4.69) is 27.8 Å². The molecule has 124 valence electrons. The zero-order valence-electron chi connectivity index (χ0n) is 14.1. The van der Waals surface area contributed by atoms with Gasteiger partial charge in [-0.05, 0) is 49.2 Å². The Balaban J connectivity index is 2.83. The Morgan fingerprint density at radius 2 is 2.14 bits per heavy atom. The molecule has 1 aromatic rings. The normalized spacial score (nSPS) is 12.1. The van der Waals surface area contributed by atoms with E-state index in [-0.39, 0.29) is 6.10 Å². The number of pyridine rings is 1. The Morgan fingerprint density at radius 3 is 2.73 bits per heavy atom. The Bertz CT molecular complexity index is 508. The van der Waals surface area contributed by atoms with Gasteiger partial charge in [0, 0.05) is 25.8 Å². The third-order valence-electron chi connectivity index (χ3n) is 3.26. The summed E-state index contributed by atoms with van der Waals surface area (Å²) in [6, 6.07) is 1.89. The number of ether oxygens (including phenoxy) is 2. The number of hydrogen-bond acceptors (Lipinski definition) is 4. The Morgan fingerprint density at radius 1 is 1.45 bits per heavy atom. The number of rotatable bonds is 8. The summed E-state index contributed by atoms with van der Waals surface area (Å²) in [6.45, 7) is 10.00. The van der Waals surface area contributed by atoms with Crippen molar-refractivity contribution in [1.29, 1.82) is 5.41 Å². The van der Waals surface area contributed by atoms with Gasteiger partial charge in [-0.3, -0.25) is 5.41 Å². The molecule has 1 unspecified atom stereocenters. The van der Waals surface area contributed by atoms with Crippen LogP contribution in [-0.4, -0.2) is 48.6 Å². The Kier molecular flexibility index (Phi) is 7.82. The van der Waals surface area contributed by atoms with Gasteiger partial charge in [0.15, 0.2) is 0 Å². The fourth-order valence-electron chi connectivity index (χ4n) is 1.86. The molecule has 0 radical (unpaired) electrons. The van der Waals surface area contributed by atoms with Gasteiger partial charge in [0.25, 0.3) is 0 Å². The molecule has 0 aliphatic rings. The lowest BCUT2D eigenvalue weighted by molar-refractivity contribution is 0.0563. The highest BCUT2D eigenvalue weighted by atomic mass is 79.9. The number of nitrogens with one attached hydrogen (secondary N) is 1. The van der Waals surface area contributed by atoms with Crippen LogP contribution in [0.3, 0.4) is 0 Å². The number of hydrogen-bond donors (Lipinski definition) is 1. The monoisotopic (exact) mass is 371 g/mol. The van der Waals surface area contributed by atoms with Crippen molar-refractivity contribution in [2.75, 3.05) is 26.8 Å². The van der Waals surface area contributed by atoms with Crippen LogP contribution in [-0.2, 0) is 4.74 Å². The van der Waals surface area contributed by atoms with Gasteiger partial charge in [0.05, 0.1) is 16.8 Å². The molecule has 0 aliphatic heterocycles. The predicted octanol–water partition coefficient (Wildman–Crippen LogP) is 3.62. The summed E-state index contributed by atoms with van der Waals surface area (Å²) in [5.41, 5.74) is 1.59. The van der Waals surface area contributed by atoms with E-state index in [4.69, 9.17) is 14.9 Å². The molecule has 6 heteroatoms. The largest absolute Gasteiger partial charge is 0.471 e. The molecule has 0 aliphatic carbocycles. The standard InChI is InChI=1S/C16H26BrN3O2/c1-6-8-21-10-11(3)22-16-14(17)9-13(12(4)19-16)15(18)20(5)7-2/h9,11,18H,6-8,10H2,1-5H3. The summed E-state index contributed by atoms with van der Waals surface area (Å²) in [6.07, 6.45) is 0.925. The van der Waals surface area contributed by atoms with Gasteiger partial charge >= 0.3 is 0 Å². The zero-order chi connectivity index (χ0) is 16.7. The van der Waals surface area contributed by atoms with Crippen molar-refractivity contribution in [3.05, 3.63) is 21.8 Å². The van der Waals surface area contributed by atoms with Crippen LogP contribution in [0.25, 0.3) is 0 Å². The molecule has 0 fully saturated rings. The summed E-state index contributed by atoms with van der Waals surface area (Å²) in [7, 11) is 1.90. The summed E-state index contributed by atoms with van der Waals surface area (Å²) >= 11 is 3.49. The summed E-state index contributed by atoms with van der Waals surface area (Å²) in [5.74, 6) is 1.000. The van der Waals surface area contributed by atoms with E-state index >= 15 is 0 Å². The van der Waals surface area contributed by atoms with Crippen molar-refractivity contribution in [3.63, 3.8) is 0 Å². The molecule has 0 aromatic carbocycles. The second-order valence-electron chi connectivity index (χ2n) is 5.27. The van der Waals surface area contributed by atoms with Gasteiger partial charge in [-0.1, -0.05) is 6.92 Å². The summed E-state index contributed by atoms with van der Waals surface area (Å²) in [5, 5.41) is 8.20. The molecule has 0 bridgehead atoms. The zero-order valence-corrected chi connectivity index (χ0v) is 15.7. The molecular weight excluding hydrogens is 346 g/mol. The average Bonchev–Trinajstić information content (AvgIpc) is 2.49. The number of aromatic nitrogens is 1. The fourth-order valence-corrected chi connectivity index (χ4v) is 2.27. The minimum atomic E-state index is -0.0710. The van der Waals surface area contributed by atoms with E-state index in [0.29, 0.717) is 18.3 Å². The lowest BCUT2D eigenvalue weighted by atomic mass is 10.1. The molecule has 1 aromatic heterocycles. The van der Waals surface area contributed by atoms with Crippen molar-refractivity contribution in [2.24, 2.45) is 0 Å². The Hall–Kier alpha value is -1.14. The second kappa shape index (κ2) is 9.10. The summed E-state index contributed by atoms with van der Waals surface area (Å²) in [4.78, 5) is 6.36. The van der Waals surface area contributed by atoms with Crippen LogP contribution >= 0.6 is 15.9 Å². The molecule has 0 saturated heterocycles. The maximum absolute atomic E-state index is 8.20. The van der Waals surface area contributed by atoms with E-state index in [9.17, 15) is 0 Å². The molecule has 1 atom stereocenters. The van der Waals surface area contributed by atoms with Crippen LogP contribution in [0.4, 0.5) is 0 Å². The average molecular weight is 372 g/mol. The van der Waals surface area contributed by atoms with E-state index in [1.54, 1.807) is 0 Å². The van der Waals surface area contributed by atoms with Crippen molar-refractivity contribution in [3.8, 4) is 5.88 Å². The number of nitrogens with zero attached hydrogens (tertiary/aromatic N) is 2. The molecule has 1 N–H and O–H groups in total. The predicted molar refractivity (Wildman–Crippen MR) is 93.0 cm³/mol. The van der Waals surface area contributed by atoms with E-state index in [1.807, 2.05) is 38.8 Å². The van der Waals surface area contributed by atoms with Crippen molar-refractivity contribution >= 4 is 21.8 Å². The van der Waals surface area contributed by atoms with Crippen LogP contribution in [0.2, 0.25) is 0 Å². The van der Waals surface area contributed by atoms with Crippen LogP contribution in [0.15, 0.2) is 10.5 Å². The third-order valence-corrected chi connectivity index (χ3v) is 3.83. The topological polar surface area (TPSA) is 58.4 Å². The van der Waals surface area contributed by atoms with Gasteiger partial charge in [0.1, 0.15) is 11.9 Å². The first-order valence-corrected chi connectivity index (χ1v) is 8.41. The SMILES string of the molecule is CCCOCC(C)Oc1nc(C)c(C(=N)N(C)CC)cc1Br.